The van der Waals surface area contributed by atoms with Crippen molar-refractivity contribution in [3.05, 3.63) is 119 Å². The standard InChI is InChI=1S/C36H39ClFN3O6S/c1-25(2)22-39-36(43)32(20-26-8-6-5-7-9-26)40(23-27-10-14-29(38)15-11-27)35(42)24-41(30-16-12-28(37)13-17-30)48(44,45)31-18-19-33(46-3)34(21-31)47-4/h5-19,21,25,32H,20,22-24H2,1-4H3,(H,39,43)/t32-/m0/s1. The van der Waals surface area contributed by atoms with Gasteiger partial charge in [-0.25, -0.2) is 12.8 Å². The molecule has 0 radical (unpaired) electrons. The molecule has 12 heteroatoms. The fourth-order valence-electron chi connectivity index (χ4n) is 5.00. The van der Waals surface area contributed by atoms with Crippen LogP contribution in [0.1, 0.15) is 25.0 Å². The highest BCUT2D eigenvalue weighted by molar-refractivity contribution is 7.92. The largest absolute Gasteiger partial charge is 0.493 e. The van der Waals surface area contributed by atoms with Crippen LogP contribution in [0.4, 0.5) is 10.1 Å². The monoisotopic (exact) mass is 695 g/mol. The summed E-state index contributed by atoms with van der Waals surface area (Å²) in [5.41, 5.74) is 1.53. The number of hydrogen-bond acceptors (Lipinski definition) is 6. The number of nitrogens with zero attached hydrogens (tertiary/aromatic N) is 2. The van der Waals surface area contributed by atoms with Crippen molar-refractivity contribution in [1.29, 1.82) is 0 Å². The van der Waals surface area contributed by atoms with Crippen molar-refractivity contribution in [3.63, 3.8) is 0 Å². The van der Waals surface area contributed by atoms with E-state index in [4.69, 9.17) is 21.1 Å². The van der Waals surface area contributed by atoms with Crippen molar-refractivity contribution in [3.8, 4) is 11.5 Å². The normalized spacial score (nSPS) is 11.9. The fourth-order valence-corrected chi connectivity index (χ4v) is 6.56. The fraction of sp³-hybridized carbons (Fsp3) is 0.278. The Balaban J connectivity index is 1.81. The molecule has 0 spiro atoms. The first-order chi connectivity index (χ1) is 22.9. The topological polar surface area (TPSA) is 105 Å². The lowest BCUT2D eigenvalue weighted by Gasteiger charge is -2.34. The second-order valence-electron chi connectivity index (χ2n) is 11.5. The summed E-state index contributed by atoms with van der Waals surface area (Å²) in [6.07, 6.45) is 0.154. The molecule has 0 unspecified atom stereocenters. The Kier molecular flexibility index (Phi) is 12.4. The zero-order valence-electron chi connectivity index (χ0n) is 27.2. The lowest BCUT2D eigenvalue weighted by atomic mass is 10.0. The lowest BCUT2D eigenvalue weighted by Crippen LogP contribution is -2.53. The number of hydrogen-bond donors (Lipinski definition) is 1. The molecule has 4 aromatic rings. The first-order valence-corrected chi connectivity index (χ1v) is 17.1. The summed E-state index contributed by atoms with van der Waals surface area (Å²) in [7, 11) is -1.58. The summed E-state index contributed by atoms with van der Waals surface area (Å²) in [5.74, 6) is -0.861. The van der Waals surface area contributed by atoms with E-state index in [-0.39, 0.29) is 35.2 Å². The van der Waals surface area contributed by atoms with Gasteiger partial charge in [0.05, 0.1) is 24.8 Å². The molecule has 0 aliphatic heterocycles. The van der Waals surface area contributed by atoms with Crippen molar-refractivity contribution >= 4 is 39.1 Å². The molecule has 1 N–H and O–H groups in total. The summed E-state index contributed by atoms with van der Waals surface area (Å²) in [4.78, 5) is 29.6. The lowest BCUT2D eigenvalue weighted by molar-refractivity contribution is -0.140. The molecule has 0 saturated carbocycles. The second-order valence-corrected chi connectivity index (χ2v) is 13.8. The number of ether oxygens (including phenoxy) is 2. The number of carbonyl (C=O) groups excluding carboxylic acids is 2. The number of methoxy groups -OCH3 is 2. The van der Waals surface area contributed by atoms with Gasteiger partial charge in [0.2, 0.25) is 11.8 Å². The third kappa shape index (κ3) is 9.26. The summed E-state index contributed by atoms with van der Waals surface area (Å²) in [6.45, 7) is 3.53. The average molecular weight is 696 g/mol. The molecule has 0 bridgehead atoms. The summed E-state index contributed by atoms with van der Waals surface area (Å²) < 4.78 is 54.1. The van der Waals surface area contributed by atoms with Gasteiger partial charge in [0.25, 0.3) is 10.0 Å². The predicted molar refractivity (Wildman–Crippen MR) is 184 cm³/mol. The minimum atomic E-state index is -4.40. The maximum absolute atomic E-state index is 14.5. The number of benzene rings is 4. The molecule has 0 saturated heterocycles. The minimum Gasteiger partial charge on any atom is -0.493 e. The van der Waals surface area contributed by atoms with Crippen molar-refractivity contribution in [2.45, 2.75) is 37.8 Å². The third-order valence-corrected chi connectivity index (χ3v) is 9.58. The van der Waals surface area contributed by atoms with Gasteiger partial charge in [-0.05, 0) is 65.6 Å². The Morgan fingerprint density at radius 3 is 2.10 bits per heavy atom. The molecule has 9 nitrogen and oxygen atoms in total. The average Bonchev–Trinajstić information content (AvgIpc) is 3.08. The van der Waals surface area contributed by atoms with Crippen LogP contribution in [0.25, 0.3) is 0 Å². The van der Waals surface area contributed by atoms with E-state index in [2.05, 4.69) is 5.32 Å². The summed E-state index contributed by atoms with van der Waals surface area (Å²) >= 11 is 6.14. The zero-order valence-corrected chi connectivity index (χ0v) is 28.8. The number of amides is 2. The third-order valence-electron chi connectivity index (χ3n) is 7.56. The highest BCUT2D eigenvalue weighted by Crippen LogP contribution is 2.33. The van der Waals surface area contributed by atoms with Crippen LogP contribution >= 0.6 is 11.6 Å². The first-order valence-electron chi connectivity index (χ1n) is 15.3. The van der Waals surface area contributed by atoms with Crippen molar-refractivity contribution in [1.82, 2.24) is 10.2 Å². The van der Waals surface area contributed by atoms with Gasteiger partial charge in [0, 0.05) is 30.6 Å². The molecule has 0 aromatic heterocycles. The SMILES string of the molecule is COc1ccc(S(=O)(=O)N(CC(=O)N(Cc2ccc(F)cc2)[C@@H](Cc2ccccc2)C(=O)NCC(C)C)c2ccc(Cl)cc2)cc1OC. The van der Waals surface area contributed by atoms with Crippen molar-refractivity contribution in [2.75, 3.05) is 31.6 Å². The smallest absolute Gasteiger partial charge is 0.264 e. The molecule has 0 aliphatic rings. The molecule has 0 heterocycles. The van der Waals surface area contributed by atoms with E-state index in [1.54, 1.807) is 0 Å². The van der Waals surface area contributed by atoms with Gasteiger partial charge in [-0.15, -0.1) is 0 Å². The molecule has 254 valence electrons. The number of halogens is 2. The number of sulfonamides is 1. The van der Waals surface area contributed by atoms with E-state index in [1.807, 2.05) is 44.2 Å². The van der Waals surface area contributed by atoms with Crippen LogP contribution in [0.3, 0.4) is 0 Å². The molecule has 2 amide bonds. The summed E-state index contributed by atoms with van der Waals surface area (Å²) in [6, 6.07) is 24.0. The highest BCUT2D eigenvalue weighted by atomic mass is 35.5. The first kappa shape index (κ1) is 36.2. The number of nitrogens with one attached hydrogen (secondary N) is 1. The molecular weight excluding hydrogens is 657 g/mol. The van der Waals surface area contributed by atoms with Gasteiger partial charge in [-0.1, -0.05) is 67.9 Å². The molecule has 0 fully saturated rings. The Morgan fingerprint density at radius 2 is 1.50 bits per heavy atom. The molecule has 48 heavy (non-hydrogen) atoms. The Morgan fingerprint density at radius 1 is 0.854 bits per heavy atom. The van der Waals surface area contributed by atoms with E-state index in [1.165, 1.54) is 85.8 Å². The molecule has 1 atom stereocenters. The van der Waals surface area contributed by atoms with E-state index in [0.29, 0.717) is 22.9 Å². The highest BCUT2D eigenvalue weighted by Gasteiger charge is 2.35. The van der Waals surface area contributed by atoms with E-state index < -0.39 is 40.2 Å². The van der Waals surface area contributed by atoms with Crippen LogP contribution in [0.15, 0.2) is 102 Å². The molecule has 4 rings (SSSR count). The van der Waals surface area contributed by atoms with Crippen molar-refractivity contribution < 1.29 is 31.9 Å². The van der Waals surface area contributed by atoms with E-state index in [0.717, 1.165) is 9.87 Å². The van der Waals surface area contributed by atoms with E-state index in [9.17, 15) is 22.4 Å². The maximum Gasteiger partial charge on any atom is 0.264 e. The van der Waals surface area contributed by atoms with E-state index >= 15 is 0 Å². The number of carbonyl (C=O) groups is 2. The van der Waals surface area contributed by atoms with Gasteiger partial charge in [-0.3, -0.25) is 13.9 Å². The Bertz CT molecular complexity index is 1790. The van der Waals surface area contributed by atoms with Gasteiger partial charge in [-0.2, -0.15) is 0 Å². The summed E-state index contributed by atoms with van der Waals surface area (Å²) in [5, 5.41) is 3.31. The van der Waals surface area contributed by atoms with Gasteiger partial charge in [0.1, 0.15) is 18.4 Å². The molecule has 4 aromatic carbocycles. The number of rotatable bonds is 15. The molecule has 0 aliphatic carbocycles. The van der Waals surface area contributed by atoms with Gasteiger partial charge >= 0.3 is 0 Å². The quantitative estimate of drug-likeness (QED) is 0.161. The van der Waals surface area contributed by atoms with Crippen LogP contribution in [-0.2, 0) is 32.6 Å². The van der Waals surface area contributed by atoms with Gasteiger partial charge < -0.3 is 19.7 Å². The van der Waals surface area contributed by atoms with Crippen LogP contribution in [0, 0.1) is 11.7 Å². The minimum absolute atomic E-state index is 0.0867. The zero-order chi connectivity index (χ0) is 34.8. The van der Waals surface area contributed by atoms with Crippen molar-refractivity contribution in [2.24, 2.45) is 5.92 Å². The van der Waals surface area contributed by atoms with Crippen LogP contribution in [0.5, 0.6) is 11.5 Å². The second kappa shape index (κ2) is 16.5. The van der Waals surface area contributed by atoms with Crippen LogP contribution in [0.2, 0.25) is 5.02 Å². The van der Waals surface area contributed by atoms with Gasteiger partial charge in [0.15, 0.2) is 11.5 Å². The Hall–Kier alpha value is -4.61. The van der Waals surface area contributed by atoms with Crippen LogP contribution < -0.4 is 19.1 Å². The molecular formula is C36H39ClFN3O6S. The van der Waals surface area contributed by atoms with Crippen LogP contribution in [-0.4, -0.2) is 58.5 Å². The number of anilines is 1. The predicted octanol–water partition coefficient (Wildman–Crippen LogP) is 6.10. The maximum atomic E-state index is 14.5. The Labute approximate surface area is 286 Å².